The summed E-state index contributed by atoms with van der Waals surface area (Å²) >= 11 is 0. The summed E-state index contributed by atoms with van der Waals surface area (Å²) in [5, 5.41) is 26.4. The number of benzene rings is 1. The highest BCUT2D eigenvalue weighted by Crippen LogP contribution is 2.67. The molecule has 0 radical (unpaired) electrons. The van der Waals surface area contributed by atoms with Gasteiger partial charge in [0.25, 0.3) is 0 Å². The van der Waals surface area contributed by atoms with E-state index in [4.69, 9.17) is 19.2 Å². The van der Waals surface area contributed by atoms with Crippen molar-refractivity contribution >= 4 is 12.3 Å². The highest BCUT2D eigenvalue weighted by Gasteiger charge is 2.66. The molecule has 0 bridgehead atoms. The number of allylic oxidation sites excluding steroid dienone is 1. The van der Waals surface area contributed by atoms with Crippen molar-refractivity contribution in [2.75, 3.05) is 13.2 Å². The van der Waals surface area contributed by atoms with Gasteiger partial charge in [0.15, 0.2) is 6.29 Å². The minimum Gasteiger partial charge on any atom is -0.450 e. The van der Waals surface area contributed by atoms with E-state index >= 15 is 0 Å². The molecule has 1 aromatic carbocycles. The predicted molar refractivity (Wildman–Crippen MR) is 166 cm³/mol. The number of ether oxygens (including phenoxy) is 3. The van der Waals surface area contributed by atoms with Gasteiger partial charge in [-0.3, -0.25) is 4.99 Å². The van der Waals surface area contributed by atoms with Crippen LogP contribution in [0.5, 0.6) is 0 Å². The molecule has 234 valence electrons. The van der Waals surface area contributed by atoms with Crippen molar-refractivity contribution in [3.8, 4) is 0 Å². The molecule has 43 heavy (non-hydrogen) atoms. The van der Waals surface area contributed by atoms with Crippen molar-refractivity contribution < 1.29 is 29.2 Å². The van der Waals surface area contributed by atoms with Gasteiger partial charge in [-0.25, -0.2) is 4.79 Å². The molecule has 3 N–H and O–H groups in total. The second-order valence-corrected chi connectivity index (χ2v) is 13.4. The molecule has 1 saturated heterocycles. The summed E-state index contributed by atoms with van der Waals surface area (Å²) in [5.41, 5.74) is 0.923. The van der Waals surface area contributed by atoms with Crippen LogP contribution in [-0.4, -0.2) is 66.4 Å². The molecule has 0 aromatic heterocycles. The standard InChI is InChI=1S/C35H48N2O6/c1-7-41-31-28(43-31)17-25-26(37-32(40)42-8-2)16-12-15-24-30-33(4,5)18-27(38)22(3)34(30,6)29(39)19-35(24,25)21-36-20-23-13-10-9-11-14-23/h9-14,16-17,21,24,26-31,38-39H,3,7-8,15,18-20H2,1-2,4-6H3,(H,37,40)/b25-17+,36-21?. The number of alkyl carbamates (subject to hydrolysis) is 1. The Bertz CT molecular complexity index is 1270. The first kappa shape index (κ1) is 31.6. The molecule has 9 atom stereocenters. The molecule has 1 aromatic rings. The van der Waals surface area contributed by atoms with Crippen LogP contribution in [0.2, 0.25) is 0 Å². The lowest BCUT2D eigenvalue weighted by Gasteiger charge is -2.65. The van der Waals surface area contributed by atoms with Crippen LogP contribution >= 0.6 is 0 Å². The number of fused-ring (bicyclic) bond motifs is 3. The van der Waals surface area contributed by atoms with Crippen molar-refractivity contribution in [1.29, 1.82) is 0 Å². The fourth-order valence-electron chi connectivity index (χ4n) is 8.42. The van der Waals surface area contributed by atoms with Gasteiger partial charge in [-0.1, -0.05) is 69.8 Å². The van der Waals surface area contributed by atoms with E-state index in [1.54, 1.807) is 6.92 Å². The Kier molecular flexibility index (Phi) is 9.06. The highest BCUT2D eigenvalue weighted by atomic mass is 16.8. The SMILES string of the molecule is C=C1C(O)CC(C)(C)C2C3CC=CC(NC(=O)OCC)/C(=C\C4OC4OCC)C3(C=NCc3ccccc3)CC(O)C12C. The summed E-state index contributed by atoms with van der Waals surface area (Å²) in [7, 11) is 0. The third-order valence-electron chi connectivity index (χ3n) is 10.3. The molecule has 5 rings (SSSR count). The highest BCUT2D eigenvalue weighted by molar-refractivity contribution is 5.76. The Morgan fingerprint density at radius 2 is 1.91 bits per heavy atom. The topological polar surface area (TPSA) is 113 Å². The maximum atomic E-state index is 12.9. The second kappa shape index (κ2) is 12.3. The van der Waals surface area contributed by atoms with Crippen LogP contribution < -0.4 is 5.32 Å². The number of carbonyl (C=O) groups is 1. The maximum Gasteiger partial charge on any atom is 0.407 e. The summed E-state index contributed by atoms with van der Waals surface area (Å²) in [5.74, 6) is -0.0551. The zero-order valence-corrected chi connectivity index (χ0v) is 26.2. The number of hydrogen-bond acceptors (Lipinski definition) is 7. The molecular weight excluding hydrogens is 544 g/mol. The largest absolute Gasteiger partial charge is 0.450 e. The van der Waals surface area contributed by atoms with Crippen molar-refractivity contribution in [3.63, 3.8) is 0 Å². The molecule has 3 aliphatic carbocycles. The average molecular weight is 593 g/mol. The molecule has 8 nitrogen and oxygen atoms in total. The zero-order valence-electron chi connectivity index (χ0n) is 26.2. The third kappa shape index (κ3) is 5.87. The molecule has 3 fully saturated rings. The van der Waals surface area contributed by atoms with E-state index in [0.717, 1.165) is 11.1 Å². The number of amides is 1. The molecule has 9 unspecified atom stereocenters. The van der Waals surface area contributed by atoms with Crippen LogP contribution in [0.3, 0.4) is 0 Å². The molecular formula is C35H48N2O6. The van der Waals surface area contributed by atoms with Crippen molar-refractivity contribution in [2.45, 2.75) is 91.1 Å². The molecule has 0 spiro atoms. The quantitative estimate of drug-likeness (QED) is 0.213. The van der Waals surface area contributed by atoms with Crippen LogP contribution in [0.25, 0.3) is 0 Å². The monoisotopic (exact) mass is 592 g/mol. The van der Waals surface area contributed by atoms with Crippen LogP contribution in [-0.2, 0) is 20.8 Å². The summed E-state index contributed by atoms with van der Waals surface area (Å²) in [6.45, 7) is 15.8. The van der Waals surface area contributed by atoms with E-state index in [9.17, 15) is 15.0 Å². The molecule has 2 saturated carbocycles. The van der Waals surface area contributed by atoms with Gasteiger partial charge in [-0.15, -0.1) is 0 Å². The molecule has 8 heteroatoms. The first-order chi connectivity index (χ1) is 20.5. The van der Waals surface area contributed by atoms with E-state index in [0.29, 0.717) is 38.0 Å². The number of carbonyl (C=O) groups excluding carboxylic acids is 1. The van der Waals surface area contributed by atoms with Gasteiger partial charge in [-0.05, 0) is 73.1 Å². The fraction of sp³-hybridized carbons (Fsp3) is 0.600. The third-order valence-corrected chi connectivity index (χ3v) is 10.3. The molecule has 1 amide bonds. The van der Waals surface area contributed by atoms with E-state index in [-0.39, 0.29) is 36.3 Å². The van der Waals surface area contributed by atoms with E-state index in [1.807, 2.05) is 37.4 Å². The van der Waals surface area contributed by atoms with Crippen molar-refractivity contribution in [2.24, 2.45) is 33.1 Å². The van der Waals surface area contributed by atoms with Gasteiger partial charge in [-0.2, -0.15) is 0 Å². The lowest BCUT2D eigenvalue weighted by Crippen LogP contribution is -2.65. The molecule has 1 aliphatic heterocycles. The number of epoxide rings is 1. The smallest absolute Gasteiger partial charge is 0.407 e. The van der Waals surface area contributed by atoms with Gasteiger partial charge >= 0.3 is 6.09 Å². The Labute approximate surface area is 255 Å². The van der Waals surface area contributed by atoms with E-state index in [2.05, 4.69) is 57.0 Å². The Balaban J connectivity index is 1.68. The number of nitrogens with one attached hydrogen (secondary N) is 1. The van der Waals surface area contributed by atoms with E-state index in [1.165, 1.54) is 0 Å². The number of aliphatic imine (C=N–C) groups is 1. The second-order valence-electron chi connectivity index (χ2n) is 13.4. The Morgan fingerprint density at radius 3 is 2.60 bits per heavy atom. The lowest BCUT2D eigenvalue weighted by molar-refractivity contribution is -0.156. The Morgan fingerprint density at radius 1 is 1.16 bits per heavy atom. The number of rotatable bonds is 8. The zero-order chi connectivity index (χ0) is 31.0. The number of aliphatic hydroxyl groups is 2. The Hall–Kier alpha value is -2.78. The van der Waals surface area contributed by atoms with Gasteiger partial charge in [0.2, 0.25) is 0 Å². The van der Waals surface area contributed by atoms with Crippen LogP contribution in [0.4, 0.5) is 4.79 Å². The summed E-state index contributed by atoms with van der Waals surface area (Å²) in [6, 6.07) is 9.59. The van der Waals surface area contributed by atoms with Crippen molar-refractivity contribution in [3.05, 3.63) is 71.8 Å². The van der Waals surface area contributed by atoms with Gasteiger partial charge in [0, 0.05) is 23.7 Å². The summed E-state index contributed by atoms with van der Waals surface area (Å²) < 4.78 is 17.0. The first-order valence-electron chi connectivity index (χ1n) is 15.7. The average Bonchev–Trinajstić information content (AvgIpc) is 3.72. The first-order valence-corrected chi connectivity index (χ1v) is 15.7. The number of aliphatic hydroxyl groups excluding tert-OH is 2. The van der Waals surface area contributed by atoms with Crippen LogP contribution in [0, 0.1) is 28.1 Å². The number of nitrogens with zero attached hydrogens (tertiary/aromatic N) is 1. The minimum absolute atomic E-state index is 0.0135. The lowest BCUT2D eigenvalue weighted by atomic mass is 9.40. The molecule has 1 heterocycles. The van der Waals surface area contributed by atoms with E-state index < -0.39 is 35.2 Å². The minimum atomic E-state index is -0.814. The summed E-state index contributed by atoms with van der Waals surface area (Å²) in [6.07, 6.45) is 7.23. The fourth-order valence-corrected chi connectivity index (χ4v) is 8.42. The normalized spacial score (nSPS) is 39.2. The molecule has 4 aliphatic rings. The predicted octanol–water partition coefficient (Wildman–Crippen LogP) is 5.36. The van der Waals surface area contributed by atoms with Gasteiger partial charge < -0.3 is 29.7 Å². The maximum absolute atomic E-state index is 12.9. The van der Waals surface area contributed by atoms with Crippen molar-refractivity contribution in [1.82, 2.24) is 5.32 Å². The summed E-state index contributed by atoms with van der Waals surface area (Å²) in [4.78, 5) is 17.9. The van der Waals surface area contributed by atoms with Crippen LogP contribution in [0.15, 0.2) is 71.3 Å². The van der Waals surface area contributed by atoms with Gasteiger partial charge in [0.05, 0.1) is 31.4 Å². The van der Waals surface area contributed by atoms with Gasteiger partial charge in [0.1, 0.15) is 6.10 Å². The number of hydrogen-bond donors (Lipinski definition) is 3. The van der Waals surface area contributed by atoms with Crippen LogP contribution in [0.1, 0.15) is 59.4 Å².